The predicted molar refractivity (Wildman–Crippen MR) is 90.2 cm³/mol. The van der Waals surface area contributed by atoms with Gasteiger partial charge >= 0.3 is 0 Å². The lowest BCUT2D eigenvalue weighted by molar-refractivity contribution is 0.351. The van der Waals surface area contributed by atoms with E-state index in [2.05, 4.69) is 30.7 Å². The molecule has 0 bridgehead atoms. The molecule has 1 unspecified atom stereocenters. The SMILES string of the molecule is CCCc1nc(Cl)c(C)c(N2CCCC(C(C)C)CC2)n1. The average Bonchev–Trinajstić information content (AvgIpc) is 2.69. The molecule has 2 rings (SSSR count). The van der Waals surface area contributed by atoms with Crippen molar-refractivity contribution in [1.29, 1.82) is 0 Å². The normalized spacial score (nSPS) is 19.9. The first-order chi connectivity index (χ1) is 10.0. The summed E-state index contributed by atoms with van der Waals surface area (Å²) in [5, 5.41) is 0.619. The molecule has 1 atom stereocenters. The van der Waals surface area contributed by atoms with E-state index in [4.69, 9.17) is 16.6 Å². The van der Waals surface area contributed by atoms with E-state index in [1.54, 1.807) is 0 Å². The van der Waals surface area contributed by atoms with Gasteiger partial charge in [0, 0.05) is 25.1 Å². The van der Waals surface area contributed by atoms with Gasteiger partial charge in [-0.05, 0) is 44.4 Å². The van der Waals surface area contributed by atoms with Gasteiger partial charge in [-0.1, -0.05) is 32.4 Å². The third-order valence-electron chi connectivity index (χ3n) is 4.60. The standard InChI is InChI=1S/C17H28ClN3/c1-5-7-15-19-16(18)13(4)17(20-15)21-10-6-8-14(9-11-21)12(2)3/h12,14H,5-11H2,1-4H3. The Balaban J connectivity index is 2.20. The van der Waals surface area contributed by atoms with Gasteiger partial charge in [-0.3, -0.25) is 0 Å². The number of aromatic nitrogens is 2. The molecule has 0 radical (unpaired) electrons. The lowest BCUT2D eigenvalue weighted by Crippen LogP contribution is -2.27. The molecule has 21 heavy (non-hydrogen) atoms. The van der Waals surface area contributed by atoms with Crippen LogP contribution in [-0.2, 0) is 6.42 Å². The molecule has 2 heterocycles. The highest BCUT2D eigenvalue weighted by Crippen LogP contribution is 2.29. The molecule has 1 aromatic rings. The van der Waals surface area contributed by atoms with Gasteiger partial charge < -0.3 is 4.90 Å². The van der Waals surface area contributed by atoms with Gasteiger partial charge in [0.25, 0.3) is 0 Å². The van der Waals surface area contributed by atoms with Crippen molar-refractivity contribution < 1.29 is 0 Å². The Morgan fingerprint density at radius 1 is 1.24 bits per heavy atom. The third-order valence-corrected chi connectivity index (χ3v) is 4.96. The second kappa shape index (κ2) is 7.44. The van der Waals surface area contributed by atoms with Crippen LogP contribution in [-0.4, -0.2) is 23.1 Å². The fourth-order valence-electron chi connectivity index (χ4n) is 3.16. The summed E-state index contributed by atoms with van der Waals surface area (Å²) in [7, 11) is 0. The van der Waals surface area contributed by atoms with Crippen LogP contribution in [0.15, 0.2) is 0 Å². The number of anilines is 1. The second-order valence-corrected chi connectivity index (χ2v) is 6.91. The number of aryl methyl sites for hydroxylation is 1. The van der Waals surface area contributed by atoms with E-state index in [1.165, 1.54) is 19.3 Å². The highest BCUT2D eigenvalue weighted by Gasteiger charge is 2.22. The second-order valence-electron chi connectivity index (χ2n) is 6.55. The van der Waals surface area contributed by atoms with Crippen LogP contribution in [0.25, 0.3) is 0 Å². The minimum absolute atomic E-state index is 0.619. The van der Waals surface area contributed by atoms with E-state index in [1.807, 2.05) is 6.92 Å². The minimum atomic E-state index is 0.619. The van der Waals surface area contributed by atoms with Gasteiger partial charge in [0.2, 0.25) is 0 Å². The maximum absolute atomic E-state index is 6.32. The zero-order chi connectivity index (χ0) is 15.4. The predicted octanol–water partition coefficient (Wildman–Crippen LogP) is 4.65. The lowest BCUT2D eigenvalue weighted by atomic mass is 9.89. The molecule has 1 saturated heterocycles. The van der Waals surface area contributed by atoms with E-state index >= 15 is 0 Å². The van der Waals surface area contributed by atoms with Crippen molar-refractivity contribution in [3.8, 4) is 0 Å². The molecule has 118 valence electrons. The first-order valence-corrected chi connectivity index (χ1v) is 8.68. The number of rotatable bonds is 4. The molecule has 0 aliphatic carbocycles. The quantitative estimate of drug-likeness (QED) is 0.758. The Labute approximate surface area is 134 Å². The number of halogens is 1. The fraction of sp³-hybridized carbons (Fsp3) is 0.765. The van der Waals surface area contributed by atoms with Crippen LogP contribution < -0.4 is 4.90 Å². The van der Waals surface area contributed by atoms with Crippen molar-refractivity contribution in [2.45, 2.75) is 59.8 Å². The summed E-state index contributed by atoms with van der Waals surface area (Å²) in [6.45, 7) is 11.0. The molecule has 1 aliphatic rings. The monoisotopic (exact) mass is 309 g/mol. The summed E-state index contributed by atoms with van der Waals surface area (Å²) in [5.74, 6) is 3.55. The number of hydrogen-bond acceptors (Lipinski definition) is 3. The van der Waals surface area contributed by atoms with E-state index in [0.29, 0.717) is 5.15 Å². The molecule has 1 aromatic heterocycles. The van der Waals surface area contributed by atoms with Crippen LogP contribution in [0.1, 0.15) is 57.8 Å². The van der Waals surface area contributed by atoms with Gasteiger partial charge in [-0.25, -0.2) is 9.97 Å². The topological polar surface area (TPSA) is 29.0 Å². The van der Waals surface area contributed by atoms with Crippen molar-refractivity contribution in [3.63, 3.8) is 0 Å². The Kier molecular flexibility index (Phi) is 5.86. The molecular weight excluding hydrogens is 282 g/mol. The van der Waals surface area contributed by atoms with Gasteiger partial charge in [-0.15, -0.1) is 0 Å². The number of nitrogens with zero attached hydrogens (tertiary/aromatic N) is 3. The summed E-state index contributed by atoms with van der Waals surface area (Å²) in [4.78, 5) is 11.6. The van der Waals surface area contributed by atoms with Gasteiger partial charge in [0.05, 0.1) is 0 Å². The summed E-state index contributed by atoms with van der Waals surface area (Å²) in [6.07, 6.45) is 5.77. The maximum Gasteiger partial charge on any atom is 0.137 e. The van der Waals surface area contributed by atoms with Crippen LogP contribution in [0.4, 0.5) is 5.82 Å². The first kappa shape index (κ1) is 16.5. The van der Waals surface area contributed by atoms with Gasteiger partial charge in [0.1, 0.15) is 16.8 Å². The third kappa shape index (κ3) is 4.09. The van der Waals surface area contributed by atoms with Crippen molar-refractivity contribution in [2.75, 3.05) is 18.0 Å². The molecule has 0 N–H and O–H groups in total. The van der Waals surface area contributed by atoms with Gasteiger partial charge in [-0.2, -0.15) is 0 Å². The molecular formula is C17H28ClN3. The van der Waals surface area contributed by atoms with Crippen LogP contribution in [0.5, 0.6) is 0 Å². The molecule has 0 saturated carbocycles. The van der Waals surface area contributed by atoms with Crippen molar-refractivity contribution >= 4 is 17.4 Å². The molecule has 0 aromatic carbocycles. The Hall–Kier alpha value is -0.830. The fourth-order valence-corrected chi connectivity index (χ4v) is 3.35. The Bertz CT molecular complexity index is 473. The van der Waals surface area contributed by atoms with Crippen molar-refractivity contribution in [1.82, 2.24) is 9.97 Å². The minimum Gasteiger partial charge on any atom is -0.356 e. The first-order valence-electron chi connectivity index (χ1n) is 8.30. The number of hydrogen-bond donors (Lipinski definition) is 0. The van der Waals surface area contributed by atoms with E-state index in [0.717, 1.165) is 55.0 Å². The maximum atomic E-state index is 6.32. The summed E-state index contributed by atoms with van der Waals surface area (Å²) >= 11 is 6.32. The Morgan fingerprint density at radius 2 is 2.00 bits per heavy atom. The van der Waals surface area contributed by atoms with Crippen LogP contribution in [0.3, 0.4) is 0 Å². The van der Waals surface area contributed by atoms with Gasteiger partial charge in [0.15, 0.2) is 0 Å². The molecule has 1 fully saturated rings. The molecule has 4 heteroatoms. The van der Waals surface area contributed by atoms with Crippen LogP contribution >= 0.6 is 11.6 Å². The van der Waals surface area contributed by atoms with E-state index < -0.39 is 0 Å². The smallest absolute Gasteiger partial charge is 0.137 e. The highest BCUT2D eigenvalue weighted by molar-refractivity contribution is 6.30. The molecule has 1 aliphatic heterocycles. The largest absolute Gasteiger partial charge is 0.356 e. The summed E-state index contributed by atoms with van der Waals surface area (Å²) < 4.78 is 0. The van der Waals surface area contributed by atoms with Crippen LogP contribution in [0, 0.1) is 18.8 Å². The zero-order valence-corrected chi connectivity index (χ0v) is 14.6. The van der Waals surface area contributed by atoms with Crippen molar-refractivity contribution in [2.24, 2.45) is 11.8 Å². The zero-order valence-electron chi connectivity index (χ0n) is 13.8. The average molecular weight is 310 g/mol. The summed E-state index contributed by atoms with van der Waals surface area (Å²) in [6, 6.07) is 0. The molecule has 3 nitrogen and oxygen atoms in total. The molecule has 0 amide bonds. The van der Waals surface area contributed by atoms with E-state index in [9.17, 15) is 0 Å². The van der Waals surface area contributed by atoms with Crippen molar-refractivity contribution in [3.05, 3.63) is 16.5 Å². The molecule has 0 spiro atoms. The summed E-state index contributed by atoms with van der Waals surface area (Å²) in [5.41, 5.74) is 1.03. The van der Waals surface area contributed by atoms with E-state index in [-0.39, 0.29) is 0 Å². The van der Waals surface area contributed by atoms with Crippen LogP contribution in [0.2, 0.25) is 5.15 Å². The highest BCUT2D eigenvalue weighted by atomic mass is 35.5. The lowest BCUT2D eigenvalue weighted by Gasteiger charge is -2.24. The Morgan fingerprint density at radius 3 is 2.67 bits per heavy atom.